The van der Waals surface area contributed by atoms with Crippen LogP contribution in [0.4, 0.5) is 0 Å². The number of Topliss-reactive ketones (excluding diaryl/α,β-unsaturated/α-hetero) is 1. The highest BCUT2D eigenvalue weighted by molar-refractivity contribution is 9.10. The molecule has 0 spiro atoms. The molecule has 2 heteroatoms. The van der Waals surface area contributed by atoms with Crippen LogP contribution in [0.1, 0.15) is 30.4 Å². The van der Waals surface area contributed by atoms with E-state index in [4.69, 9.17) is 0 Å². The molecular weight excluding hydrogens is 228 g/mol. The SMILES string of the molecule is CC1C(=O)CCc2c(Br)cccc21. The zero-order valence-corrected chi connectivity index (χ0v) is 9.10. The Kier molecular flexibility index (Phi) is 2.24. The molecule has 1 aliphatic rings. The summed E-state index contributed by atoms with van der Waals surface area (Å²) < 4.78 is 1.14. The number of ketones is 1. The van der Waals surface area contributed by atoms with Gasteiger partial charge in [-0.25, -0.2) is 0 Å². The van der Waals surface area contributed by atoms with Crippen molar-refractivity contribution in [2.24, 2.45) is 0 Å². The number of fused-ring (bicyclic) bond motifs is 1. The Hall–Kier alpha value is -0.630. The lowest BCUT2D eigenvalue weighted by Crippen LogP contribution is -2.18. The van der Waals surface area contributed by atoms with Gasteiger partial charge in [0.05, 0.1) is 0 Å². The number of carbonyl (C=O) groups excluding carboxylic acids is 1. The zero-order chi connectivity index (χ0) is 9.42. The monoisotopic (exact) mass is 238 g/mol. The summed E-state index contributed by atoms with van der Waals surface area (Å²) in [6, 6.07) is 6.10. The first-order valence-electron chi connectivity index (χ1n) is 4.50. The van der Waals surface area contributed by atoms with Gasteiger partial charge in [0.25, 0.3) is 0 Å². The third-order valence-corrected chi connectivity index (χ3v) is 3.47. The van der Waals surface area contributed by atoms with Gasteiger partial charge in [0.2, 0.25) is 0 Å². The summed E-state index contributed by atoms with van der Waals surface area (Å²) in [5.41, 5.74) is 2.51. The molecule has 0 aromatic heterocycles. The summed E-state index contributed by atoms with van der Waals surface area (Å²) in [7, 11) is 0. The fraction of sp³-hybridized carbons (Fsp3) is 0.364. The Morgan fingerprint density at radius 3 is 2.92 bits per heavy atom. The van der Waals surface area contributed by atoms with Gasteiger partial charge in [-0.2, -0.15) is 0 Å². The second-order valence-electron chi connectivity index (χ2n) is 3.50. The number of hydrogen-bond donors (Lipinski definition) is 0. The highest BCUT2D eigenvalue weighted by Gasteiger charge is 2.24. The summed E-state index contributed by atoms with van der Waals surface area (Å²) in [4.78, 5) is 11.5. The van der Waals surface area contributed by atoms with Crippen LogP contribution in [0.3, 0.4) is 0 Å². The van der Waals surface area contributed by atoms with Crippen LogP contribution in [0.5, 0.6) is 0 Å². The van der Waals surface area contributed by atoms with Gasteiger partial charge in [0.15, 0.2) is 0 Å². The maximum Gasteiger partial charge on any atom is 0.140 e. The van der Waals surface area contributed by atoms with Crippen LogP contribution in [-0.2, 0) is 11.2 Å². The molecule has 0 aliphatic heterocycles. The highest BCUT2D eigenvalue weighted by Crippen LogP contribution is 2.32. The number of halogens is 1. The van der Waals surface area contributed by atoms with Gasteiger partial charge in [-0.05, 0) is 23.6 Å². The van der Waals surface area contributed by atoms with Gasteiger partial charge in [-0.15, -0.1) is 0 Å². The minimum Gasteiger partial charge on any atom is -0.299 e. The fourth-order valence-electron chi connectivity index (χ4n) is 1.88. The van der Waals surface area contributed by atoms with Gasteiger partial charge < -0.3 is 0 Å². The molecule has 0 N–H and O–H groups in total. The van der Waals surface area contributed by atoms with Crippen molar-refractivity contribution in [2.75, 3.05) is 0 Å². The molecule has 1 unspecified atom stereocenters. The smallest absolute Gasteiger partial charge is 0.140 e. The Bertz CT molecular complexity index is 357. The predicted molar refractivity (Wildman–Crippen MR) is 55.9 cm³/mol. The minimum absolute atomic E-state index is 0.0845. The van der Waals surface area contributed by atoms with E-state index in [9.17, 15) is 4.79 Å². The molecule has 0 heterocycles. The maximum absolute atomic E-state index is 11.5. The largest absolute Gasteiger partial charge is 0.299 e. The average Bonchev–Trinajstić information content (AvgIpc) is 2.12. The van der Waals surface area contributed by atoms with Crippen molar-refractivity contribution in [1.29, 1.82) is 0 Å². The standard InChI is InChI=1S/C11H11BrO/c1-7-8-3-2-4-10(12)9(8)5-6-11(7)13/h2-4,7H,5-6H2,1H3. The van der Waals surface area contributed by atoms with Crippen molar-refractivity contribution < 1.29 is 4.79 Å². The lowest BCUT2D eigenvalue weighted by molar-refractivity contribution is -0.120. The first kappa shape index (κ1) is 8.95. The quantitative estimate of drug-likeness (QED) is 0.679. The minimum atomic E-state index is 0.0845. The molecule has 0 bridgehead atoms. The molecule has 1 aromatic carbocycles. The molecule has 68 valence electrons. The van der Waals surface area contributed by atoms with E-state index < -0.39 is 0 Å². The van der Waals surface area contributed by atoms with Crippen LogP contribution in [-0.4, -0.2) is 5.78 Å². The van der Waals surface area contributed by atoms with E-state index in [1.165, 1.54) is 11.1 Å². The molecule has 0 saturated carbocycles. The third-order valence-electron chi connectivity index (χ3n) is 2.73. The normalized spacial score (nSPS) is 21.4. The van der Waals surface area contributed by atoms with Gasteiger partial charge in [-0.3, -0.25) is 4.79 Å². The molecular formula is C11H11BrO. The number of rotatable bonds is 0. The zero-order valence-electron chi connectivity index (χ0n) is 7.51. The second kappa shape index (κ2) is 3.26. The summed E-state index contributed by atoms with van der Waals surface area (Å²) in [6.07, 6.45) is 1.58. The lowest BCUT2D eigenvalue weighted by atomic mass is 9.83. The Balaban J connectivity index is 2.55. The van der Waals surface area contributed by atoms with Gasteiger partial charge in [-0.1, -0.05) is 35.0 Å². The van der Waals surface area contributed by atoms with Crippen molar-refractivity contribution >= 4 is 21.7 Å². The van der Waals surface area contributed by atoms with Crippen molar-refractivity contribution in [3.05, 3.63) is 33.8 Å². The van der Waals surface area contributed by atoms with Crippen molar-refractivity contribution in [2.45, 2.75) is 25.7 Å². The van der Waals surface area contributed by atoms with Crippen LogP contribution in [0.2, 0.25) is 0 Å². The summed E-state index contributed by atoms with van der Waals surface area (Å²) >= 11 is 3.52. The van der Waals surface area contributed by atoms with Crippen LogP contribution in [0.25, 0.3) is 0 Å². The number of benzene rings is 1. The molecule has 1 nitrogen and oxygen atoms in total. The van der Waals surface area contributed by atoms with Crippen molar-refractivity contribution in [1.82, 2.24) is 0 Å². The molecule has 13 heavy (non-hydrogen) atoms. The van der Waals surface area contributed by atoms with Gasteiger partial charge >= 0.3 is 0 Å². The summed E-state index contributed by atoms with van der Waals surface area (Å²) in [5, 5.41) is 0. The summed E-state index contributed by atoms with van der Waals surface area (Å²) in [5.74, 6) is 0.451. The first-order valence-corrected chi connectivity index (χ1v) is 5.29. The third kappa shape index (κ3) is 1.44. The Labute approximate surface area is 86.3 Å². The molecule has 1 atom stereocenters. The molecule has 0 saturated heterocycles. The molecule has 0 amide bonds. The second-order valence-corrected chi connectivity index (χ2v) is 4.35. The summed E-state index contributed by atoms with van der Waals surface area (Å²) in [6.45, 7) is 1.99. The molecule has 0 fully saturated rings. The van der Waals surface area contributed by atoms with Crippen molar-refractivity contribution in [3.63, 3.8) is 0 Å². The van der Waals surface area contributed by atoms with Crippen molar-refractivity contribution in [3.8, 4) is 0 Å². The highest BCUT2D eigenvalue weighted by atomic mass is 79.9. The molecule has 0 radical (unpaired) electrons. The average molecular weight is 239 g/mol. The van der Waals surface area contributed by atoms with E-state index in [2.05, 4.69) is 22.0 Å². The van der Waals surface area contributed by atoms with Crippen LogP contribution in [0, 0.1) is 0 Å². The fourth-order valence-corrected chi connectivity index (χ4v) is 2.46. The van der Waals surface area contributed by atoms with E-state index >= 15 is 0 Å². The number of carbonyl (C=O) groups is 1. The Morgan fingerprint density at radius 2 is 2.15 bits per heavy atom. The van der Waals surface area contributed by atoms with E-state index in [1.807, 2.05) is 19.1 Å². The lowest BCUT2D eigenvalue weighted by Gasteiger charge is -2.21. The number of hydrogen-bond acceptors (Lipinski definition) is 1. The van der Waals surface area contributed by atoms with E-state index in [0.29, 0.717) is 12.2 Å². The van der Waals surface area contributed by atoms with Crippen LogP contribution >= 0.6 is 15.9 Å². The van der Waals surface area contributed by atoms with E-state index in [-0.39, 0.29) is 5.92 Å². The van der Waals surface area contributed by atoms with Crippen LogP contribution in [0.15, 0.2) is 22.7 Å². The predicted octanol–water partition coefficient (Wildman–Crippen LogP) is 3.07. The topological polar surface area (TPSA) is 17.1 Å². The van der Waals surface area contributed by atoms with E-state index in [1.54, 1.807) is 0 Å². The maximum atomic E-state index is 11.5. The van der Waals surface area contributed by atoms with Crippen LogP contribution < -0.4 is 0 Å². The van der Waals surface area contributed by atoms with Gasteiger partial charge in [0.1, 0.15) is 5.78 Å². The molecule has 2 rings (SSSR count). The van der Waals surface area contributed by atoms with Gasteiger partial charge in [0, 0.05) is 16.8 Å². The molecule has 1 aromatic rings. The first-order chi connectivity index (χ1) is 6.20. The Morgan fingerprint density at radius 1 is 1.38 bits per heavy atom. The molecule has 1 aliphatic carbocycles. The van der Waals surface area contributed by atoms with E-state index in [0.717, 1.165) is 10.9 Å².